The van der Waals surface area contributed by atoms with E-state index in [0.717, 1.165) is 11.6 Å². The van der Waals surface area contributed by atoms with Gasteiger partial charge in [0.05, 0.1) is 4.92 Å². The van der Waals surface area contributed by atoms with E-state index in [1.54, 1.807) is 31.2 Å². The van der Waals surface area contributed by atoms with Crippen molar-refractivity contribution < 1.29 is 14.1 Å². The Balaban J connectivity index is 1.96. The Kier molecular flexibility index (Phi) is 3.30. The molecule has 2 heterocycles. The molecule has 0 spiro atoms. The van der Waals surface area contributed by atoms with Crippen LogP contribution in [0.15, 0.2) is 51.8 Å². The Morgan fingerprint density at radius 1 is 1.23 bits per heavy atom. The molecule has 0 aliphatic carbocycles. The van der Waals surface area contributed by atoms with Gasteiger partial charge < -0.3 is 9.15 Å². The van der Waals surface area contributed by atoms with Crippen molar-refractivity contribution in [3.63, 3.8) is 0 Å². The van der Waals surface area contributed by atoms with Crippen molar-refractivity contribution in [1.29, 1.82) is 0 Å². The third kappa shape index (κ3) is 2.64. The smallest absolute Gasteiger partial charge is 0.336 e. The van der Waals surface area contributed by atoms with Crippen LogP contribution in [0, 0.1) is 17.0 Å². The van der Waals surface area contributed by atoms with Crippen LogP contribution in [0.4, 0.5) is 5.69 Å². The first-order chi connectivity index (χ1) is 10.5. The summed E-state index contributed by atoms with van der Waals surface area (Å²) < 4.78 is 10.7. The number of benzene rings is 1. The minimum Gasteiger partial charge on any atom is -0.439 e. The molecule has 1 aromatic carbocycles. The lowest BCUT2D eigenvalue weighted by Crippen LogP contribution is -1.96. The van der Waals surface area contributed by atoms with Crippen LogP contribution in [-0.2, 0) is 0 Å². The van der Waals surface area contributed by atoms with E-state index in [-0.39, 0.29) is 11.6 Å². The maximum Gasteiger partial charge on any atom is 0.336 e. The average Bonchev–Trinajstić information content (AvgIpc) is 2.48. The van der Waals surface area contributed by atoms with Crippen LogP contribution in [0.2, 0.25) is 0 Å². The molecule has 0 amide bonds. The zero-order chi connectivity index (χ0) is 15.7. The lowest BCUT2D eigenvalue weighted by molar-refractivity contribution is -0.385. The van der Waals surface area contributed by atoms with Gasteiger partial charge >= 0.3 is 5.63 Å². The van der Waals surface area contributed by atoms with Crippen LogP contribution in [0.3, 0.4) is 0 Å². The van der Waals surface area contributed by atoms with Crippen molar-refractivity contribution in [2.24, 2.45) is 0 Å². The maximum absolute atomic E-state index is 11.2. The Morgan fingerprint density at radius 2 is 2.00 bits per heavy atom. The Bertz CT molecular complexity index is 933. The van der Waals surface area contributed by atoms with E-state index in [1.165, 1.54) is 12.1 Å². The van der Waals surface area contributed by atoms with Gasteiger partial charge in [-0.25, -0.2) is 9.78 Å². The molecule has 7 nitrogen and oxygen atoms in total. The predicted molar refractivity (Wildman–Crippen MR) is 78.2 cm³/mol. The van der Waals surface area contributed by atoms with Crippen LogP contribution in [0.1, 0.15) is 5.56 Å². The number of nitro groups is 1. The van der Waals surface area contributed by atoms with Crippen molar-refractivity contribution in [2.75, 3.05) is 0 Å². The summed E-state index contributed by atoms with van der Waals surface area (Å²) in [5, 5.41) is 11.4. The van der Waals surface area contributed by atoms with Crippen LogP contribution in [-0.4, -0.2) is 9.91 Å². The molecule has 22 heavy (non-hydrogen) atoms. The third-order valence-corrected chi connectivity index (χ3v) is 3.04. The SMILES string of the molecule is Cc1cc([N+](=O)[O-])cnc1Oc1ccc2ccc(=O)oc2c1. The highest BCUT2D eigenvalue weighted by atomic mass is 16.6. The molecule has 0 atom stereocenters. The van der Waals surface area contributed by atoms with E-state index in [2.05, 4.69) is 4.98 Å². The molecule has 0 unspecified atom stereocenters. The summed E-state index contributed by atoms with van der Waals surface area (Å²) in [6.45, 7) is 1.66. The van der Waals surface area contributed by atoms with Crippen molar-refractivity contribution in [2.45, 2.75) is 6.92 Å². The molecule has 0 N–H and O–H groups in total. The molecule has 0 saturated carbocycles. The van der Waals surface area contributed by atoms with Crippen LogP contribution in [0.25, 0.3) is 11.0 Å². The van der Waals surface area contributed by atoms with Gasteiger partial charge in [-0.15, -0.1) is 0 Å². The van der Waals surface area contributed by atoms with Crippen molar-refractivity contribution in [3.8, 4) is 11.6 Å². The number of ether oxygens (including phenoxy) is 1. The fourth-order valence-electron chi connectivity index (χ4n) is 1.97. The quantitative estimate of drug-likeness (QED) is 0.418. The molecule has 0 fully saturated rings. The summed E-state index contributed by atoms with van der Waals surface area (Å²) in [5.74, 6) is 0.675. The van der Waals surface area contributed by atoms with E-state index in [4.69, 9.17) is 9.15 Å². The fraction of sp³-hybridized carbons (Fsp3) is 0.0667. The van der Waals surface area contributed by atoms with E-state index in [0.29, 0.717) is 16.9 Å². The Labute approximate surface area is 123 Å². The topological polar surface area (TPSA) is 95.5 Å². The average molecular weight is 298 g/mol. The van der Waals surface area contributed by atoms with Crippen LogP contribution >= 0.6 is 0 Å². The Morgan fingerprint density at radius 3 is 2.73 bits per heavy atom. The fourth-order valence-corrected chi connectivity index (χ4v) is 1.97. The molecular formula is C15H10N2O5. The van der Waals surface area contributed by atoms with Gasteiger partial charge in [0.25, 0.3) is 5.69 Å². The summed E-state index contributed by atoms with van der Waals surface area (Å²) in [6, 6.07) is 9.38. The van der Waals surface area contributed by atoms with Crippen molar-refractivity contribution in [3.05, 3.63) is 68.7 Å². The molecule has 0 bridgehead atoms. The lowest BCUT2D eigenvalue weighted by atomic mass is 10.2. The van der Waals surface area contributed by atoms with Gasteiger partial charge in [-0.1, -0.05) is 0 Å². The van der Waals surface area contributed by atoms with Crippen LogP contribution < -0.4 is 10.4 Å². The van der Waals surface area contributed by atoms with Crippen molar-refractivity contribution >= 4 is 16.7 Å². The zero-order valence-electron chi connectivity index (χ0n) is 11.5. The number of pyridine rings is 1. The summed E-state index contributed by atoms with van der Waals surface area (Å²) in [5.41, 5.74) is 0.372. The highest BCUT2D eigenvalue weighted by molar-refractivity contribution is 5.77. The zero-order valence-corrected chi connectivity index (χ0v) is 11.5. The molecular weight excluding hydrogens is 288 g/mol. The van der Waals surface area contributed by atoms with E-state index in [1.807, 2.05) is 0 Å². The first-order valence-corrected chi connectivity index (χ1v) is 6.36. The Hall–Kier alpha value is -3.22. The number of aryl methyl sites for hydroxylation is 1. The summed E-state index contributed by atoms with van der Waals surface area (Å²) in [6.07, 6.45) is 1.13. The number of rotatable bonds is 3. The largest absolute Gasteiger partial charge is 0.439 e. The number of fused-ring (bicyclic) bond motifs is 1. The van der Waals surface area contributed by atoms with E-state index in [9.17, 15) is 14.9 Å². The van der Waals surface area contributed by atoms with E-state index < -0.39 is 10.5 Å². The van der Waals surface area contributed by atoms with Gasteiger partial charge in [0, 0.05) is 29.1 Å². The van der Waals surface area contributed by atoms with Gasteiger partial charge in [0.2, 0.25) is 5.88 Å². The molecule has 0 radical (unpaired) electrons. The third-order valence-electron chi connectivity index (χ3n) is 3.04. The summed E-state index contributed by atoms with van der Waals surface area (Å²) >= 11 is 0. The summed E-state index contributed by atoms with van der Waals surface area (Å²) in [4.78, 5) is 25.3. The second kappa shape index (κ2) is 5.28. The highest BCUT2D eigenvalue weighted by Crippen LogP contribution is 2.27. The predicted octanol–water partition coefficient (Wildman–Crippen LogP) is 3.20. The van der Waals surface area contributed by atoms with E-state index >= 15 is 0 Å². The first-order valence-electron chi connectivity index (χ1n) is 6.36. The summed E-state index contributed by atoms with van der Waals surface area (Å²) in [7, 11) is 0. The molecule has 7 heteroatoms. The molecule has 3 aromatic rings. The second-order valence-electron chi connectivity index (χ2n) is 4.63. The molecule has 2 aromatic heterocycles. The standard InChI is InChI=1S/C15H10N2O5/c1-9-6-11(17(19)20)8-16-15(9)21-12-4-2-10-3-5-14(18)22-13(10)7-12/h2-8H,1H3. The second-order valence-corrected chi connectivity index (χ2v) is 4.63. The molecule has 3 rings (SSSR count). The maximum atomic E-state index is 11.2. The first kappa shape index (κ1) is 13.7. The van der Waals surface area contributed by atoms with Gasteiger partial charge in [-0.05, 0) is 25.1 Å². The molecule has 0 aliphatic rings. The van der Waals surface area contributed by atoms with Crippen LogP contribution in [0.5, 0.6) is 11.6 Å². The normalized spacial score (nSPS) is 10.6. The number of hydrogen-bond donors (Lipinski definition) is 0. The molecule has 110 valence electrons. The number of hydrogen-bond acceptors (Lipinski definition) is 6. The number of nitrogens with zero attached hydrogens (tertiary/aromatic N) is 2. The van der Waals surface area contributed by atoms with Gasteiger partial charge in [-0.2, -0.15) is 0 Å². The van der Waals surface area contributed by atoms with Gasteiger partial charge in [0.15, 0.2) is 0 Å². The monoisotopic (exact) mass is 298 g/mol. The minimum absolute atomic E-state index is 0.102. The minimum atomic E-state index is -0.519. The molecule has 0 saturated heterocycles. The van der Waals surface area contributed by atoms with Gasteiger partial charge in [0.1, 0.15) is 17.5 Å². The van der Waals surface area contributed by atoms with Gasteiger partial charge in [-0.3, -0.25) is 10.1 Å². The highest BCUT2D eigenvalue weighted by Gasteiger charge is 2.11. The lowest BCUT2D eigenvalue weighted by Gasteiger charge is -2.07. The van der Waals surface area contributed by atoms with Crippen molar-refractivity contribution in [1.82, 2.24) is 4.98 Å². The molecule has 0 aliphatic heterocycles. The number of aromatic nitrogens is 1.